The summed E-state index contributed by atoms with van der Waals surface area (Å²) in [5.41, 5.74) is 24.8. The fourth-order valence-corrected chi connectivity index (χ4v) is 10.5. The Morgan fingerprint density at radius 2 is 1.02 bits per heavy atom. The predicted octanol–water partition coefficient (Wildman–Crippen LogP) is 13.9. The van der Waals surface area contributed by atoms with E-state index in [0.29, 0.717) is 0 Å². The van der Waals surface area contributed by atoms with E-state index in [1.54, 1.807) is 0 Å². The van der Waals surface area contributed by atoms with E-state index in [-0.39, 0.29) is 28.4 Å². The first kappa shape index (κ1) is 39.3. The number of benzene rings is 7. The predicted molar refractivity (Wildman–Crippen MR) is 264 cm³/mol. The van der Waals surface area contributed by atoms with Gasteiger partial charge in [-0.1, -0.05) is 167 Å². The minimum atomic E-state index is -0.0631. The van der Waals surface area contributed by atoms with Crippen molar-refractivity contribution >= 4 is 57.2 Å². The van der Waals surface area contributed by atoms with Crippen LogP contribution in [0.2, 0.25) is 0 Å². The van der Waals surface area contributed by atoms with Gasteiger partial charge in [-0.2, -0.15) is 0 Å². The van der Waals surface area contributed by atoms with Crippen molar-refractivity contribution in [3.8, 4) is 22.3 Å². The lowest BCUT2D eigenvalue weighted by Gasteiger charge is -2.45. The second-order valence-electron chi connectivity index (χ2n) is 21.6. The van der Waals surface area contributed by atoms with Crippen LogP contribution in [0, 0.1) is 6.92 Å². The van der Waals surface area contributed by atoms with Crippen LogP contribution in [0.5, 0.6) is 0 Å². The first-order chi connectivity index (χ1) is 28.8. The molecular formula is C58H59BN2. The summed E-state index contributed by atoms with van der Waals surface area (Å²) in [5, 5.41) is 0. The highest BCUT2D eigenvalue weighted by atomic mass is 15.2. The van der Waals surface area contributed by atoms with Gasteiger partial charge < -0.3 is 9.80 Å². The molecule has 61 heavy (non-hydrogen) atoms. The summed E-state index contributed by atoms with van der Waals surface area (Å²) >= 11 is 0. The van der Waals surface area contributed by atoms with Gasteiger partial charge in [-0.25, -0.2) is 0 Å². The number of nitrogens with zero attached hydrogens (tertiary/aromatic N) is 2. The van der Waals surface area contributed by atoms with Crippen LogP contribution in [0.3, 0.4) is 0 Å². The smallest absolute Gasteiger partial charge is 0.252 e. The van der Waals surface area contributed by atoms with E-state index in [1.807, 2.05) is 0 Å². The van der Waals surface area contributed by atoms with E-state index >= 15 is 0 Å². The fourth-order valence-electron chi connectivity index (χ4n) is 10.5. The SMILES string of the molecule is Cc1cc2c3c(c1)N(c1cccc(-c4cccc5c4-c4ccccc4C5(C)C)c1)c1cc(C(C)(C)C)ccc1B3c1cc(C(C)(C)C)ccc1N2c1ccc(C(C)(C)C)cc1. The highest BCUT2D eigenvalue weighted by molar-refractivity contribution is 7.00. The third-order valence-corrected chi connectivity index (χ3v) is 14.0. The van der Waals surface area contributed by atoms with E-state index in [2.05, 4.69) is 232 Å². The first-order valence-corrected chi connectivity index (χ1v) is 22.3. The van der Waals surface area contributed by atoms with Gasteiger partial charge in [-0.05, 0) is 144 Å². The third kappa shape index (κ3) is 6.13. The van der Waals surface area contributed by atoms with E-state index < -0.39 is 0 Å². The van der Waals surface area contributed by atoms with Crippen LogP contribution in [0.15, 0.2) is 140 Å². The summed E-state index contributed by atoms with van der Waals surface area (Å²) in [7, 11) is 0. The highest BCUT2D eigenvalue weighted by Crippen LogP contribution is 2.53. The van der Waals surface area contributed by atoms with Crippen molar-refractivity contribution in [2.75, 3.05) is 9.80 Å². The molecule has 0 N–H and O–H groups in total. The lowest BCUT2D eigenvalue weighted by atomic mass is 9.33. The van der Waals surface area contributed by atoms with Crippen molar-refractivity contribution < 1.29 is 0 Å². The molecular weight excluding hydrogens is 735 g/mol. The van der Waals surface area contributed by atoms with Crippen molar-refractivity contribution in [1.29, 1.82) is 0 Å². The van der Waals surface area contributed by atoms with Crippen LogP contribution in [0.4, 0.5) is 34.1 Å². The van der Waals surface area contributed by atoms with Gasteiger partial charge in [0, 0.05) is 39.5 Å². The van der Waals surface area contributed by atoms with Crippen LogP contribution in [-0.4, -0.2) is 6.71 Å². The average molecular weight is 795 g/mol. The van der Waals surface area contributed by atoms with Gasteiger partial charge in [0.25, 0.3) is 6.71 Å². The number of fused-ring (bicyclic) bond motifs is 7. The fraction of sp³-hybridized carbons (Fsp3) is 0.276. The Hall–Kier alpha value is -5.80. The monoisotopic (exact) mass is 794 g/mol. The molecule has 0 unspecified atom stereocenters. The van der Waals surface area contributed by atoms with Crippen molar-refractivity contribution in [3.63, 3.8) is 0 Å². The molecule has 304 valence electrons. The van der Waals surface area contributed by atoms with Gasteiger partial charge in [-0.15, -0.1) is 0 Å². The van der Waals surface area contributed by atoms with E-state index in [4.69, 9.17) is 0 Å². The van der Waals surface area contributed by atoms with Gasteiger partial charge in [-0.3, -0.25) is 0 Å². The lowest BCUT2D eigenvalue weighted by Crippen LogP contribution is -2.61. The summed E-state index contributed by atoms with van der Waals surface area (Å²) < 4.78 is 0. The molecule has 0 fully saturated rings. The van der Waals surface area contributed by atoms with Crippen molar-refractivity contribution in [2.24, 2.45) is 0 Å². The second-order valence-corrected chi connectivity index (χ2v) is 21.6. The van der Waals surface area contributed by atoms with Gasteiger partial charge >= 0.3 is 0 Å². The number of aryl methyl sites for hydroxylation is 1. The summed E-state index contributed by atoms with van der Waals surface area (Å²) in [4.78, 5) is 5.14. The Kier molecular flexibility index (Phi) is 8.61. The molecule has 0 aromatic heterocycles. The minimum absolute atomic E-state index is 0.00198. The summed E-state index contributed by atoms with van der Waals surface area (Å²) in [6, 6.07) is 54.1. The maximum absolute atomic E-state index is 2.59. The topological polar surface area (TPSA) is 6.48 Å². The standard InChI is InChI=1S/C58H59BN2/c1-36-31-51-54-52(32-36)61(42-18-15-17-37(33-42)43-20-16-22-46-53(43)44-19-13-14-21-45(44)58(46,11)12)50-35-40(57(8,9)10)25-29-47(50)59(54)48-34-39(56(5,6)7)26-30-49(48)60(51)41-27-23-38(24-28-41)55(2,3)4/h13-35H,1-12H3. The number of hydrogen-bond acceptors (Lipinski definition) is 2. The molecule has 7 aromatic rings. The van der Waals surface area contributed by atoms with Gasteiger partial charge in [0.05, 0.1) is 0 Å². The van der Waals surface area contributed by atoms with Gasteiger partial charge in [0.1, 0.15) is 0 Å². The molecule has 2 nitrogen and oxygen atoms in total. The quantitative estimate of drug-likeness (QED) is 0.164. The van der Waals surface area contributed by atoms with Crippen LogP contribution < -0.4 is 26.2 Å². The Labute approximate surface area is 365 Å². The Morgan fingerprint density at radius 3 is 1.70 bits per heavy atom. The van der Waals surface area contributed by atoms with Crippen LogP contribution in [0.25, 0.3) is 22.3 Å². The maximum atomic E-state index is 2.59. The van der Waals surface area contributed by atoms with Gasteiger partial charge in [0.15, 0.2) is 0 Å². The van der Waals surface area contributed by atoms with Crippen LogP contribution in [-0.2, 0) is 21.7 Å². The molecule has 0 radical (unpaired) electrons. The van der Waals surface area contributed by atoms with Crippen LogP contribution >= 0.6 is 0 Å². The molecule has 10 rings (SSSR count). The Balaban J connectivity index is 1.24. The summed E-state index contributed by atoms with van der Waals surface area (Å²) in [6.45, 7) is 28.0. The molecule has 0 saturated heterocycles. The molecule has 2 heterocycles. The van der Waals surface area contributed by atoms with E-state index in [0.717, 1.165) is 0 Å². The summed E-state index contributed by atoms with van der Waals surface area (Å²) in [5.74, 6) is 0. The Bertz CT molecular complexity index is 2910. The molecule has 0 saturated carbocycles. The van der Waals surface area contributed by atoms with Gasteiger partial charge in [0.2, 0.25) is 0 Å². The molecule has 0 amide bonds. The first-order valence-electron chi connectivity index (χ1n) is 22.3. The maximum Gasteiger partial charge on any atom is 0.252 e. The molecule has 1 aliphatic carbocycles. The third-order valence-electron chi connectivity index (χ3n) is 14.0. The van der Waals surface area contributed by atoms with Crippen LogP contribution in [0.1, 0.15) is 110 Å². The minimum Gasteiger partial charge on any atom is -0.311 e. The zero-order valence-electron chi connectivity index (χ0n) is 38.3. The average Bonchev–Trinajstić information content (AvgIpc) is 3.45. The molecule has 3 aliphatic rings. The number of hydrogen-bond donors (Lipinski definition) is 0. The largest absolute Gasteiger partial charge is 0.311 e. The Morgan fingerprint density at radius 1 is 0.443 bits per heavy atom. The highest BCUT2D eigenvalue weighted by Gasteiger charge is 2.44. The molecule has 0 bridgehead atoms. The molecule has 3 heteroatoms. The van der Waals surface area contributed by atoms with E-state index in [9.17, 15) is 0 Å². The number of anilines is 6. The van der Waals surface area contributed by atoms with Crippen molar-refractivity contribution in [3.05, 3.63) is 173 Å². The number of rotatable bonds is 3. The van der Waals surface area contributed by atoms with E-state index in [1.165, 1.54) is 106 Å². The normalized spacial score (nSPS) is 14.9. The lowest BCUT2D eigenvalue weighted by molar-refractivity contribution is 0.590. The van der Waals surface area contributed by atoms with Crippen molar-refractivity contribution in [1.82, 2.24) is 0 Å². The molecule has 2 aliphatic heterocycles. The second kappa shape index (κ2) is 13.4. The zero-order valence-corrected chi connectivity index (χ0v) is 38.3. The van der Waals surface area contributed by atoms with Crippen molar-refractivity contribution in [2.45, 2.75) is 105 Å². The zero-order chi connectivity index (χ0) is 43.0. The molecule has 0 spiro atoms. The summed E-state index contributed by atoms with van der Waals surface area (Å²) in [6.07, 6.45) is 0. The molecule has 7 aromatic carbocycles. The molecule has 0 atom stereocenters.